The first-order valence-corrected chi connectivity index (χ1v) is 5.82. The van der Waals surface area contributed by atoms with Crippen LogP contribution in [0.2, 0.25) is 0 Å². The third-order valence-electron chi connectivity index (χ3n) is 3.11. The van der Waals surface area contributed by atoms with E-state index >= 15 is 0 Å². The van der Waals surface area contributed by atoms with Gasteiger partial charge in [0.2, 0.25) is 0 Å². The fourth-order valence-electron chi connectivity index (χ4n) is 2.11. The molecule has 0 amide bonds. The molecule has 1 aromatic rings. The molecule has 1 atom stereocenters. The summed E-state index contributed by atoms with van der Waals surface area (Å²) in [6.45, 7) is 0. The van der Waals surface area contributed by atoms with Crippen molar-refractivity contribution in [3.63, 3.8) is 0 Å². The van der Waals surface area contributed by atoms with Gasteiger partial charge in [-0.15, -0.1) is 0 Å². The lowest BCUT2D eigenvalue weighted by molar-refractivity contribution is 0.208. The molecule has 0 spiro atoms. The molecule has 1 aromatic carbocycles. The number of methoxy groups -OCH3 is 1. The summed E-state index contributed by atoms with van der Waals surface area (Å²) >= 11 is 0. The number of rotatable bonds is 3. The summed E-state index contributed by atoms with van der Waals surface area (Å²) in [6, 6.07) is 7.64. The molecule has 1 aliphatic rings. The minimum absolute atomic E-state index is 0.439. The summed E-state index contributed by atoms with van der Waals surface area (Å²) in [6.07, 6.45) is 6.30. The fourth-order valence-corrected chi connectivity index (χ4v) is 2.11. The summed E-state index contributed by atoms with van der Waals surface area (Å²) in [7, 11) is 1.65. The largest absolute Gasteiger partial charge is 0.497 e. The first kappa shape index (κ1) is 11.2. The molecule has 0 aromatic heterocycles. The van der Waals surface area contributed by atoms with Crippen molar-refractivity contribution in [2.45, 2.75) is 31.8 Å². The maximum absolute atomic E-state index is 10.2. The quantitative estimate of drug-likeness (QED) is 0.789. The van der Waals surface area contributed by atoms with Gasteiger partial charge in [-0.05, 0) is 49.0 Å². The average molecular weight is 218 g/mol. The molecule has 0 radical (unpaired) electrons. The first-order chi connectivity index (χ1) is 7.81. The highest BCUT2D eigenvalue weighted by molar-refractivity contribution is 5.32. The van der Waals surface area contributed by atoms with E-state index in [1.165, 1.54) is 12.8 Å². The Kier molecular flexibility index (Phi) is 3.62. The van der Waals surface area contributed by atoms with Gasteiger partial charge in [-0.1, -0.05) is 18.2 Å². The van der Waals surface area contributed by atoms with Crippen molar-refractivity contribution in [3.8, 4) is 5.75 Å². The highest BCUT2D eigenvalue weighted by atomic mass is 16.5. The molecular formula is C14H18O2. The Morgan fingerprint density at radius 1 is 1.19 bits per heavy atom. The topological polar surface area (TPSA) is 29.5 Å². The van der Waals surface area contributed by atoms with Crippen LogP contribution in [-0.2, 0) is 0 Å². The molecule has 86 valence electrons. The number of hydrogen-bond donors (Lipinski definition) is 1. The molecule has 1 N–H and O–H groups in total. The molecule has 0 saturated heterocycles. The molecule has 0 unspecified atom stereocenters. The average Bonchev–Trinajstić information content (AvgIpc) is 2.39. The van der Waals surface area contributed by atoms with E-state index in [9.17, 15) is 5.11 Å². The monoisotopic (exact) mass is 218 g/mol. The number of benzene rings is 1. The summed E-state index contributed by atoms with van der Waals surface area (Å²) in [5.41, 5.74) is 2.12. The molecule has 1 aliphatic carbocycles. The SMILES string of the molecule is COc1ccc([C@H](O)C2=CCCCC2)cc1. The summed E-state index contributed by atoms with van der Waals surface area (Å²) in [5.74, 6) is 0.827. The molecule has 0 aliphatic heterocycles. The van der Waals surface area contributed by atoms with Gasteiger partial charge in [0.15, 0.2) is 0 Å². The van der Waals surface area contributed by atoms with Crippen LogP contribution >= 0.6 is 0 Å². The zero-order valence-electron chi connectivity index (χ0n) is 9.65. The van der Waals surface area contributed by atoms with Gasteiger partial charge in [0.25, 0.3) is 0 Å². The van der Waals surface area contributed by atoms with E-state index in [2.05, 4.69) is 6.08 Å². The minimum atomic E-state index is -0.439. The molecule has 2 heteroatoms. The second-order valence-electron chi connectivity index (χ2n) is 4.20. The lowest BCUT2D eigenvalue weighted by Gasteiger charge is -2.19. The van der Waals surface area contributed by atoms with E-state index < -0.39 is 6.10 Å². The molecule has 2 nitrogen and oxygen atoms in total. The second-order valence-corrected chi connectivity index (χ2v) is 4.20. The van der Waals surface area contributed by atoms with Gasteiger partial charge in [0.05, 0.1) is 7.11 Å². The molecule has 0 saturated carbocycles. The Bertz CT molecular complexity index is 365. The Morgan fingerprint density at radius 3 is 2.50 bits per heavy atom. The Balaban J connectivity index is 2.13. The lowest BCUT2D eigenvalue weighted by Crippen LogP contribution is -2.04. The lowest BCUT2D eigenvalue weighted by atomic mass is 9.92. The molecule has 0 heterocycles. The van der Waals surface area contributed by atoms with E-state index in [1.807, 2.05) is 24.3 Å². The van der Waals surface area contributed by atoms with Gasteiger partial charge < -0.3 is 9.84 Å². The van der Waals surface area contributed by atoms with Crippen molar-refractivity contribution < 1.29 is 9.84 Å². The van der Waals surface area contributed by atoms with Gasteiger partial charge >= 0.3 is 0 Å². The highest BCUT2D eigenvalue weighted by Crippen LogP contribution is 2.30. The third kappa shape index (κ3) is 2.45. The van der Waals surface area contributed by atoms with Gasteiger partial charge in [0.1, 0.15) is 11.9 Å². The van der Waals surface area contributed by atoms with Crippen LogP contribution in [-0.4, -0.2) is 12.2 Å². The maximum atomic E-state index is 10.2. The van der Waals surface area contributed by atoms with Crippen molar-refractivity contribution in [3.05, 3.63) is 41.5 Å². The zero-order chi connectivity index (χ0) is 11.4. The van der Waals surface area contributed by atoms with E-state index in [0.717, 1.165) is 29.7 Å². The minimum Gasteiger partial charge on any atom is -0.497 e. The summed E-state index contributed by atoms with van der Waals surface area (Å²) < 4.78 is 5.10. The Labute approximate surface area is 96.6 Å². The Morgan fingerprint density at radius 2 is 1.94 bits per heavy atom. The molecular weight excluding hydrogens is 200 g/mol. The van der Waals surface area contributed by atoms with Crippen molar-refractivity contribution in [2.75, 3.05) is 7.11 Å². The van der Waals surface area contributed by atoms with Crippen LogP contribution in [0.25, 0.3) is 0 Å². The number of hydrogen-bond acceptors (Lipinski definition) is 2. The van der Waals surface area contributed by atoms with E-state index in [1.54, 1.807) is 7.11 Å². The first-order valence-electron chi connectivity index (χ1n) is 5.82. The third-order valence-corrected chi connectivity index (χ3v) is 3.11. The summed E-state index contributed by atoms with van der Waals surface area (Å²) in [5, 5.41) is 10.2. The molecule has 0 fully saturated rings. The van der Waals surface area contributed by atoms with Crippen molar-refractivity contribution in [1.82, 2.24) is 0 Å². The molecule has 0 bridgehead atoms. The number of aliphatic hydroxyl groups is 1. The van der Waals surface area contributed by atoms with E-state index in [-0.39, 0.29) is 0 Å². The second kappa shape index (κ2) is 5.17. The van der Waals surface area contributed by atoms with Gasteiger partial charge in [0, 0.05) is 0 Å². The highest BCUT2D eigenvalue weighted by Gasteiger charge is 2.15. The van der Waals surface area contributed by atoms with Crippen molar-refractivity contribution >= 4 is 0 Å². The Hall–Kier alpha value is -1.28. The van der Waals surface area contributed by atoms with Crippen LogP contribution in [0.3, 0.4) is 0 Å². The van der Waals surface area contributed by atoms with Crippen LogP contribution in [0.4, 0.5) is 0 Å². The summed E-state index contributed by atoms with van der Waals surface area (Å²) in [4.78, 5) is 0. The predicted molar refractivity (Wildman–Crippen MR) is 64.5 cm³/mol. The normalized spacial score (nSPS) is 17.8. The number of allylic oxidation sites excluding steroid dienone is 1. The number of aliphatic hydroxyl groups excluding tert-OH is 1. The van der Waals surface area contributed by atoms with E-state index in [4.69, 9.17) is 4.74 Å². The maximum Gasteiger partial charge on any atom is 0.118 e. The smallest absolute Gasteiger partial charge is 0.118 e. The van der Waals surface area contributed by atoms with Crippen LogP contribution in [0.5, 0.6) is 5.75 Å². The van der Waals surface area contributed by atoms with Crippen molar-refractivity contribution in [2.24, 2.45) is 0 Å². The predicted octanol–water partition coefficient (Wildman–Crippen LogP) is 3.23. The molecule has 16 heavy (non-hydrogen) atoms. The fraction of sp³-hybridized carbons (Fsp3) is 0.429. The van der Waals surface area contributed by atoms with Crippen molar-refractivity contribution in [1.29, 1.82) is 0 Å². The standard InChI is InChI=1S/C14H18O2/c1-16-13-9-7-12(8-10-13)14(15)11-5-3-2-4-6-11/h5,7-10,14-15H,2-4,6H2,1H3/t14-/m1/s1. The van der Waals surface area contributed by atoms with E-state index in [0.29, 0.717) is 0 Å². The van der Waals surface area contributed by atoms with Crippen LogP contribution < -0.4 is 4.74 Å². The van der Waals surface area contributed by atoms with Crippen LogP contribution in [0.15, 0.2) is 35.9 Å². The van der Waals surface area contributed by atoms with Crippen LogP contribution in [0, 0.1) is 0 Å². The van der Waals surface area contributed by atoms with Gasteiger partial charge in [-0.25, -0.2) is 0 Å². The van der Waals surface area contributed by atoms with Gasteiger partial charge in [-0.2, -0.15) is 0 Å². The van der Waals surface area contributed by atoms with Gasteiger partial charge in [-0.3, -0.25) is 0 Å². The number of ether oxygens (including phenoxy) is 1. The molecule has 2 rings (SSSR count). The zero-order valence-corrected chi connectivity index (χ0v) is 9.65. The van der Waals surface area contributed by atoms with Crippen LogP contribution in [0.1, 0.15) is 37.4 Å².